The van der Waals surface area contributed by atoms with Gasteiger partial charge in [-0.1, -0.05) is 36.4 Å². The second-order valence-corrected chi connectivity index (χ2v) is 6.67. The summed E-state index contributed by atoms with van der Waals surface area (Å²) in [4.78, 5) is 21.9. The van der Waals surface area contributed by atoms with Crippen molar-refractivity contribution in [3.63, 3.8) is 0 Å². The molecule has 2 aromatic carbocycles. The van der Waals surface area contributed by atoms with Crippen LogP contribution in [0.1, 0.15) is 16.1 Å². The summed E-state index contributed by atoms with van der Waals surface area (Å²) in [7, 11) is 1.76. The van der Waals surface area contributed by atoms with Gasteiger partial charge in [0.1, 0.15) is 5.69 Å². The molecule has 0 aliphatic heterocycles. The highest BCUT2D eigenvalue weighted by Crippen LogP contribution is 2.19. The van der Waals surface area contributed by atoms with E-state index in [1.807, 2.05) is 42.5 Å². The first kappa shape index (κ1) is 17.8. The number of para-hydroxylation sites is 2. The molecule has 0 spiro atoms. The molecule has 28 heavy (non-hydrogen) atoms. The summed E-state index contributed by atoms with van der Waals surface area (Å²) in [6.07, 6.45) is 4.61. The molecule has 2 aromatic heterocycles. The standard InChI is InChI=1S/C23H22N4O/c1-27(19-7-3-2-4-8-19)23(28)22-15-18(12-14-25-22)24-13-11-17-16-26-21-10-6-5-9-20(17)21/h2-10,12,14-16,26H,11,13H2,1H3,(H,24,25). The van der Waals surface area contributed by atoms with Crippen molar-refractivity contribution < 1.29 is 4.79 Å². The molecule has 0 aliphatic rings. The fourth-order valence-corrected chi connectivity index (χ4v) is 3.28. The second kappa shape index (κ2) is 7.96. The Bertz CT molecular complexity index is 1090. The first-order valence-corrected chi connectivity index (χ1v) is 9.30. The summed E-state index contributed by atoms with van der Waals surface area (Å²) < 4.78 is 0. The highest BCUT2D eigenvalue weighted by Gasteiger charge is 2.15. The summed E-state index contributed by atoms with van der Waals surface area (Å²) in [6.45, 7) is 0.772. The summed E-state index contributed by atoms with van der Waals surface area (Å²) in [5, 5.41) is 4.65. The minimum Gasteiger partial charge on any atom is -0.385 e. The number of hydrogen-bond acceptors (Lipinski definition) is 3. The third kappa shape index (κ3) is 3.74. The number of aromatic nitrogens is 2. The molecule has 0 saturated carbocycles. The molecule has 140 valence electrons. The number of amides is 1. The zero-order valence-electron chi connectivity index (χ0n) is 15.7. The number of carbonyl (C=O) groups excluding carboxylic acids is 1. The van der Waals surface area contributed by atoms with Crippen LogP contribution in [0.2, 0.25) is 0 Å². The lowest BCUT2D eigenvalue weighted by Gasteiger charge is -2.17. The molecule has 0 fully saturated rings. The normalized spacial score (nSPS) is 10.8. The number of pyridine rings is 1. The van der Waals surface area contributed by atoms with E-state index in [0.29, 0.717) is 5.69 Å². The van der Waals surface area contributed by atoms with Crippen LogP contribution in [0.25, 0.3) is 10.9 Å². The minimum absolute atomic E-state index is 0.133. The molecule has 4 aromatic rings. The minimum atomic E-state index is -0.133. The molecule has 0 atom stereocenters. The fourth-order valence-electron chi connectivity index (χ4n) is 3.28. The number of nitrogens with zero attached hydrogens (tertiary/aromatic N) is 2. The van der Waals surface area contributed by atoms with Crippen molar-refractivity contribution in [3.8, 4) is 0 Å². The molecule has 4 rings (SSSR count). The lowest BCUT2D eigenvalue weighted by Crippen LogP contribution is -2.27. The zero-order chi connectivity index (χ0) is 19.3. The molecule has 2 N–H and O–H groups in total. The van der Waals surface area contributed by atoms with Crippen LogP contribution < -0.4 is 10.2 Å². The van der Waals surface area contributed by atoms with Gasteiger partial charge in [-0.15, -0.1) is 0 Å². The summed E-state index contributed by atoms with van der Waals surface area (Å²) >= 11 is 0. The van der Waals surface area contributed by atoms with E-state index in [9.17, 15) is 4.79 Å². The van der Waals surface area contributed by atoms with Crippen LogP contribution >= 0.6 is 0 Å². The number of aromatic amines is 1. The van der Waals surface area contributed by atoms with Gasteiger partial charge in [-0.3, -0.25) is 9.78 Å². The maximum absolute atomic E-state index is 12.7. The first-order chi connectivity index (χ1) is 13.7. The topological polar surface area (TPSA) is 61.0 Å². The van der Waals surface area contributed by atoms with E-state index in [-0.39, 0.29) is 5.91 Å². The summed E-state index contributed by atoms with van der Waals surface area (Å²) in [6, 6.07) is 21.5. The maximum atomic E-state index is 12.7. The Labute approximate surface area is 164 Å². The van der Waals surface area contributed by atoms with Crippen LogP contribution in [-0.2, 0) is 6.42 Å². The molecule has 5 nitrogen and oxygen atoms in total. The third-order valence-corrected chi connectivity index (χ3v) is 4.83. The average molecular weight is 370 g/mol. The van der Waals surface area contributed by atoms with Crippen molar-refractivity contribution in [2.75, 3.05) is 23.8 Å². The van der Waals surface area contributed by atoms with Gasteiger partial charge in [-0.25, -0.2) is 0 Å². The van der Waals surface area contributed by atoms with Crippen molar-refractivity contribution in [1.29, 1.82) is 0 Å². The zero-order valence-corrected chi connectivity index (χ0v) is 15.7. The number of carbonyl (C=O) groups is 1. The predicted octanol–water partition coefficient (Wildman–Crippen LogP) is 4.49. The van der Waals surface area contributed by atoms with E-state index >= 15 is 0 Å². The second-order valence-electron chi connectivity index (χ2n) is 6.67. The number of rotatable bonds is 6. The van der Waals surface area contributed by atoms with E-state index < -0.39 is 0 Å². The Kier molecular flexibility index (Phi) is 5.06. The smallest absolute Gasteiger partial charge is 0.276 e. The lowest BCUT2D eigenvalue weighted by molar-refractivity contribution is 0.0988. The summed E-state index contributed by atoms with van der Waals surface area (Å²) in [5.41, 5.74) is 4.57. The monoisotopic (exact) mass is 370 g/mol. The van der Waals surface area contributed by atoms with Gasteiger partial charge in [0, 0.05) is 48.3 Å². The Balaban J connectivity index is 1.42. The van der Waals surface area contributed by atoms with Gasteiger partial charge >= 0.3 is 0 Å². The highest BCUT2D eigenvalue weighted by atomic mass is 16.2. The van der Waals surface area contributed by atoms with Gasteiger partial charge in [0.05, 0.1) is 0 Å². The number of anilines is 2. The maximum Gasteiger partial charge on any atom is 0.276 e. The number of hydrogen-bond donors (Lipinski definition) is 2. The van der Waals surface area contributed by atoms with E-state index in [2.05, 4.69) is 39.7 Å². The van der Waals surface area contributed by atoms with Crippen molar-refractivity contribution in [1.82, 2.24) is 9.97 Å². The van der Waals surface area contributed by atoms with E-state index in [1.165, 1.54) is 10.9 Å². The van der Waals surface area contributed by atoms with Crippen LogP contribution in [-0.4, -0.2) is 29.5 Å². The number of H-pyrrole nitrogens is 1. The summed E-state index contributed by atoms with van der Waals surface area (Å²) in [5.74, 6) is -0.133. The van der Waals surface area contributed by atoms with Gasteiger partial charge in [0.25, 0.3) is 5.91 Å². The molecule has 5 heteroatoms. The number of fused-ring (bicyclic) bond motifs is 1. The highest BCUT2D eigenvalue weighted by molar-refractivity contribution is 6.04. The number of benzene rings is 2. The average Bonchev–Trinajstić information content (AvgIpc) is 3.17. The largest absolute Gasteiger partial charge is 0.385 e. The molecule has 0 bridgehead atoms. The molecule has 2 heterocycles. The van der Waals surface area contributed by atoms with Gasteiger partial charge in [0.2, 0.25) is 0 Å². The fraction of sp³-hybridized carbons (Fsp3) is 0.130. The molecular weight excluding hydrogens is 348 g/mol. The predicted molar refractivity (Wildman–Crippen MR) is 114 cm³/mol. The molecule has 1 amide bonds. The molecular formula is C23H22N4O. The molecule has 0 saturated heterocycles. The quantitative estimate of drug-likeness (QED) is 0.525. The molecule has 0 unspecified atom stereocenters. The van der Waals surface area contributed by atoms with Crippen LogP contribution in [0.15, 0.2) is 79.1 Å². The Hall–Kier alpha value is -3.60. The van der Waals surface area contributed by atoms with Gasteiger partial charge in [-0.05, 0) is 42.3 Å². The van der Waals surface area contributed by atoms with Crippen LogP contribution in [0.5, 0.6) is 0 Å². The SMILES string of the molecule is CN(C(=O)c1cc(NCCc2c[nH]c3ccccc23)ccn1)c1ccccc1. The Morgan fingerprint density at radius 2 is 1.86 bits per heavy atom. The van der Waals surface area contributed by atoms with E-state index in [1.54, 1.807) is 24.2 Å². The molecule has 0 aliphatic carbocycles. The van der Waals surface area contributed by atoms with E-state index in [0.717, 1.165) is 29.9 Å². The first-order valence-electron chi connectivity index (χ1n) is 9.30. The van der Waals surface area contributed by atoms with Crippen molar-refractivity contribution in [2.45, 2.75) is 6.42 Å². The van der Waals surface area contributed by atoms with E-state index in [4.69, 9.17) is 0 Å². The Morgan fingerprint density at radius 1 is 1.07 bits per heavy atom. The van der Waals surface area contributed by atoms with Crippen molar-refractivity contribution >= 4 is 28.2 Å². The lowest BCUT2D eigenvalue weighted by atomic mass is 10.1. The van der Waals surface area contributed by atoms with Crippen LogP contribution in [0.3, 0.4) is 0 Å². The van der Waals surface area contributed by atoms with Gasteiger partial charge in [0.15, 0.2) is 0 Å². The Morgan fingerprint density at radius 3 is 2.71 bits per heavy atom. The number of nitrogens with one attached hydrogen (secondary N) is 2. The van der Waals surface area contributed by atoms with Crippen LogP contribution in [0, 0.1) is 0 Å². The van der Waals surface area contributed by atoms with Crippen LogP contribution in [0.4, 0.5) is 11.4 Å². The van der Waals surface area contributed by atoms with Crippen molar-refractivity contribution in [3.05, 3.63) is 90.4 Å². The van der Waals surface area contributed by atoms with Crippen molar-refractivity contribution in [2.24, 2.45) is 0 Å². The van der Waals surface area contributed by atoms with Gasteiger partial charge < -0.3 is 15.2 Å². The third-order valence-electron chi connectivity index (χ3n) is 4.83. The molecule has 0 radical (unpaired) electrons. The van der Waals surface area contributed by atoms with Gasteiger partial charge in [-0.2, -0.15) is 0 Å².